The van der Waals surface area contributed by atoms with E-state index in [1.54, 1.807) is 12.1 Å². The predicted octanol–water partition coefficient (Wildman–Crippen LogP) is 3.12. The number of halogens is 1. The molecule has 3 aliphatic rings. The number of fused-ring (bicyclic) bond motifs is 2. The van der Waals surface area contributed by atoms with Gasteiger partial charge in [-0.2, -0.15) is 0 Å². The van der Waals surface area contributed by atoms with Crippen LogP contribution < -0.4 is 10.2 Å². The maximum atomic E-state index is 13.4. The largest absolute Gasteiger partial charge is 0.353 e. The maximum Gasteiger partial charge on any atom is 0.227 e. The fraction of sp³-hybridized carbons (Fsp3) is 0.600. The molecule has 5 atom stereocenters. The molecule has 5 unspecified atom stereocenters. The van der Waals surface area contributed by atoms with Crippen LogP contribution in [0.4, 0.5) is 10.1 Å². The van der Waals surface area contributed by atoms with Crippen LogP contribution in [0.2, 0.25) is 0 Å². The Kier molecular flexibility index (Phi) is 4.26. The molecule has 1 aliphatic heterocycles. The molecule has 2 bridgehead atoms. The number of hydrogen-bond donors (Lipinski definition) is 1. The summed E-state index contributed by atoms with van der Waals surface area (Å²) in [6.45, 7) is 2.43. The third kappa shape index (κ3) is 3.16. The maximum absolute atomic E-state index is 13.4. The third-order valence-corrected chi connectivity index (χ3v) is 6.42. The first-order chi connectivity index (χ1) is 12.0. The summed E-state index contributed by atoms with van der Waals surface area (Å²) in [6, 6.07) is 6.16. The van der Waals surface area contributed by atoms with Crippen LogP contribution in [0.3, 0.4) is 0 Å². The molecular formula is C20H25FN2O2. The van der Waals surface area contributed by atoms with Gasteiger partial charge in [-0.25, -0.2) is 4.39 Å². The van der Waals surface area contributed by atoms with E-state index in [9.17, 15) is 14.0 Å². The Morgan fingerprint density at radius 3 is 2.84 bits per heavy atom. The first-order valence-electron chi connectivity index (χ1n) is 9.37. The van der Waals surface area contributed by atoms with E-state index < -0.39 is 0 Å². The van der Waals surface area contributed by atoms with Crippen molar-refractivity contribution in [2.75, 3.05) is 11.4 Å². The molecule has 1 aromatic carbocycles. The lowest BCUT2D eigenvalue weighted by Crippen LogP contribution is -2.43. The van der Waals surface area contributed by atoms with Crippen molar-refractivity contribution in [2.24, 2.45) is 23.7 Å². The molecule has 0 radical (unpaired) electrons. The topological polar surface area (TPSA) is 49.4 Å². The van der Waals surface area contributed by atoms with Crippen LogP contribution in [-0.2, 0) is 9.59 Å². The van der Waals surface area contributed by atoms with Gasteiger partial charge in [0.25, 0.3) is 0 Å². The second kappa shape index (κ2) is 6.43. The highest BCUT2D eigenvalue weighted by atomic mass is 19.1. The second-order valence-corrected chi connectivity index (χ2v) is 8.02. The minimum absolute atomic E-state index is 0.0393. The zero-order valence-electron chi connectivity index (χ0n) is 14.6. The zero-order valence-corrected chi connectivity index (χ0v) is 14.6. The molecule has 4 nitrogen and oxygen atoms in total. The fourth-order valence-electron chi connectivity index (χ4n) is 5.13. The molecule has 2 amide bonds. The summed E-state index contributed by atoms with van der Waals surface area (Å²) in [4.78, 5) is 26.4. The molecule has 2 aliphatic carbocycles. The van der Waals surface area contributed by atoms with Crippen LogP contribution in [0.1, 0.15) is 39.0 Å². The highest BCUT2D eigenvalue weighted by Crippen LogP contribution is 2.49. The summed E-state index contributed by atoms with van der Waals surface area (Å²) >= 11 is 0. The number of hydrogen-bond acceptors (Lipinski definition) is 2. The Hall–Kier alpha value is -1.91. The number of carbonyl (C=O) groups is 2. The molecule has 25 heavy (non-hydrogen) atoms. The van der Waals surface area contributed by atoms with Gasteiger partial charge in [0.2, 0.25) is 11.8 Å². The normalized spacial score (nSPS) is 32.2. The van der Waals surface area contributed by atoms with Crippen molar-refractivity contribution < 1.29 is 14.0 Å². The van der Waals surface area contributed by atoms with Gasteiger partial charge >= 0.3 is 0 Å². The smallest absolute Gasteiger partial charge is 0.227 e. The second-order valence-electron chi connectivity index (χ2n) is 8.02. The van der Waals surface area contributed by atoms with E-state index in [2.05, 4.69) is 12.2 Å². The minimum atomic E-state index is -0.372. The molecule has 1 saturated heterocycles. The van der Waals surface area contributed by atoms with Gasteiger partial charge in [-0.1, -0.05) is 12.5 Å². The van der Waals surface area contributed by atoms with Gasteiger partial charge in [0.05, 0.1) is 5.92 Å². The summed E-state index contributed by atoms with van der Waals surface area (Å²) in [5.74, 6) is 1.32. The van der Waals surface area contributed by atoms with Gasteiger partial charge in [0, 0.05) is 24.7 Å². The van der Waals surface area contributed by atoms with Crippen LogP contribution in [-0.4, -0.2) is 24.4 Å². The number of nitrogens with one attached hydrogen (secondary N) is 1. The summed E-state index contributed by atoms with van der Waals surface area (Å²) < 4.78 is 13.4. The number of nitrogens with zero attached hydrogens (tertiary/aromatic N) is 1. The summed E-state index contributed by atoms with van der Waals surface area (Å²) in [5.41, 5.74) is 0.529. The van der Waals surface area contributed by atoms with Crippen molar-refractivity contribution in [3.63, 3.8) is 0 Å². The Morgan fingerprint density at radius 1 is 1.32 bits per heavy atom. The van der Waals surface area contributed by atoms with Crippen molar-refractivity contribution >= 4 is 17.5 Å². The molecule has 0 spiro atoms. The van der Waals surface area contributed by atoms with E-state index in [0.717, 1.165) is 11.8 Å². The molecule has 1 heterocycles. The Balaban J connectivity index is 1.37. The van der Waals surface area contributed by atoms with Gasteiger partial charge in [0.1, 0.15) is 5.82 Å². The van der Waals surface area contributed by atoms with Gasteiger partial charge in [-0.3, -0.25) is 9.59 Å². The minimum Gasteiger partial charge on any atom is -0.353 e. The number of amides is 2. The van der Waals surface area contributed by atoms with Crippen molar-refractivity contribution in [1.82, 2.24) is 5.32 Å². The van der Waals surface area contributed by atoms with Crippen LogP contribution in [0.5, 0.6) is 0 Å². The summed E-state index contributed by atoms with van der Waals surface area (Å²) in [5, 5.41) is 3.16. The Morgan fingerprint density at radius 2 is 2.16 bits per heavy atom. The Bertz CT molecular complexity index is 692. The van der Waals surface area contributed by atoms with Gasteiger partial charge in [0.15, 0.2) is 0 Å². The molecule has 4 rings (SSSR count). The van der Waals surface area contributed by atoms with Gasteiger partial charge < -0.3 is 10.2 Å². The number of rotatable bonds is 4. The molecular weight excluding hydrogens is 319 g/mol. The quantitative estimate of drug-likeness (QED) is 0.912. The van der Waals surface area contributed by atoms with Gasteiger partial charge in [-0.15, -0.1) is 0 Å². The number of anilines is 1. The van der Waals surface area contributed by atoms with Crippen molar-refractivity contribution in [2.45, 2.75) is 45.1 Å². The molecule has 0 aromatic heterocycles. The van der Waals surface area contributed by atoms with Gasteiger partial charge in [-0.05, 0) is 62.1 Å². The highest BCUT2D eigenvalue weighted by Gasteiger charge is 2.43. The summed E-state index contributed by atoms with van der Waals surface area (Å²) in [7, 11) is 0. The molecule has 134 valence electrons. The van der Waals surface area contributed by atoms with E-state index in [1.807, 2.05) is 0 Å². The first-order valence-corrected chi connectivity index (χ1v) is 9.37. The molecule has 2 saturated carbocycles. The van der Waals surface area contributed by atoms with E-state index in [1.165, 1.54) is 42.7 Å². The van der Waals surface area contributed by atoms with E-state index >= 15 is 0 Å². The Labute approximate surface area is 147 Å². The fourth-order valence-corrected chi connectivity index (χ4v) is 5.13. The molecule has 1 N–H and O–H groups in total. The highest BCUT2D eigenvalue weighted by molar-refractivity contribution is 6.00. The van der Waals surface area contributed by atoms with Crippen LogP contribution in [0.15, 0.2) is 24.3 Å². The van der Waals surface area contributed by atoms with Crippen molar-refractivity contribution in [3.05, 3.63) is 30.1 Å². The van der Waals surface area contributed by atoms with Crippen LogP contribution in [0, 0.1) is 29.5 Å². The van der Waals surface area contributed by atoms with Crippen molar-refractivity contribution in [1.29, 1.82) is 0 Å². The summed E-state index contributed by atoms with van der Waals surface area (Å²) in [6.07, 6.45) is 5.39. The van der Waals surface area contributed by atoms with Crippen LogP contribution in [0.25, 0.3) is 0 Å². The lowest BCUT2D eigenvalue weighted by molar-refractivity contribution is -0.127. The SMILES string of the molecule is CC(NC(=O)C1CC(=O)N(c2cccc(F)c2)C1)C1CC2CCC1C2. The average Bonchev–Trinajstić information content (AvgIpc) is 3.29. The van der Waals surface area contributed by atoms with E-state index in [-0.39, 0.29) is 36.0 Å². The third-order valence-electron chi connectivity index (χ3n) is 6.42. The standard InChI is InChI=1S/C20H25FN2O2/c1-12(18-8-13-5-6-14(18)7-13)22-20(25)15-9-19(24)23(11-15)17-4-2-3-16(21)10-17/h2-4,10,12-15,18H,5-9,11H2,1H3,(H,22,25). The molecule has 5 heteroatoms. The first kappa shape index (κ1) is 16.6. The molecule has 1 aromatic rings. The average molecular weight is 344 g/mol. The lowest BCUT2D eigenvalue weighted by atomic mass is 9.84. The zero-order chi connectivity index (χ0) is 17.6. The van der Waals surface area contributed by atoms with E-state index in [0.29, 0.717) is 18.2 Å². The van der Waals surface area contributed by atoms with Crippen LogP contribution >= 0.6 is 0 Å². The monoisotopic (exact) mass is 344 g/mol. The van der Waals surface area contributed by atoms with E-state index in [4.69, 9.17) is 0 Å². The van der Waals surface area contributed by atoms with Crippen molar-refractivity contribution in [3.8, 4) is 0 Å². The predicted molar refractivity (Wildman–Crippen MR) is 93.4 cm³/mol. The number of benzene rings is 1. The lowest BCUT2D eigenvalue weighted by Gasteiger charge is -2.29. The number of carbonyl (C=O) groups excluding carboxylic acids is 2. The molecule has 3 fully saturated rings.